The van der Waals surface area contributed by atoms with E-state index in [1.807, 2.05) is 20.8 Å². The first kappa shape index (κ1) is 480. The van der Waals surface area contributed by atoms with Crippen molar-refractivity contribution < 1.29 is 134 Å². The predicted molar refractivity (Wildman–Crippen MR) is 517 cm³/mol. The van der Waals surface area contributed by atoms with E-state index in [0.29, 0.717) is 19.8 Å². The lowest BCUT2D eigenvalue weighted by atomic mass is 10.8. The van der Waals surface area contributed by atoms with Crippen LogP contribution in [0.5, 0.6) is 0 Å². The quantitative estimate of drug-likeness (QED) is 0.0478. The molecular weight excluding hydrogens is 1520 g/mol. The SMILES string of the molecule is C.C.C.C.C.C.C.C.C.C.C.C.C.C.C.C.C.C.C.C.C.C.C.C.C.C.C.C.C.C.C.C.C.C.C.C.C.C.C.C.C.C.C.C.C.C.C.C.C.CCO[Si](OC)(OCC)OCC.CO[Si](OC)(OC)OC.CO[Si](OC)(OCCF)OCCF.FCCO[Si](OCCF)(OCCF)OCCF.FF.FF.FF.FF. The minimum Gasteiger partial charge on any atom is -0.355 e. The highest BCUT2D eigenvalue weighted by molar-refractivity contribution is 6.54. The summed E-state index contributed by atoms with van der Waals surface area (Å²) in [6.45, 7) is 0.606. The third-order valence-electron chi connectivity index (χ3n) is 4.85. The molecule has 0 saturated heterocycles. The average Bonchev–Trinajstić information content (AvgIpc) is 3.30. The maximum absolute atomic E-state index is 12.0. The summed E-state index contributed by atoms with van der Waals surface area (Å²) < 4.78 is 215. The molecule has 0 aliphatic rings. The van der Waals surface area contributed by atoms with Crippen molar-refractivity contribution in [3.63, 3.8) is 0 Å². The lowest BCUT2D eigenvalue weighted by Crippen LogP contribution is -2.51. The standard InChI is InChI=1S/C8H16F4O4Si.C7H18O4Si.C6H14F2O4Si.C4H12O4Si.49CH4.4F2/c9-1-5-13-17(14-6-2-10,15-7-3-11)16-8-4-12;1-5-9-12(8-4,10-6-2)11-7-3;1-9-13(10-2,11-5-3-7)12-6-4-8;1-5-9(6-2,7-3)8-4;;;;;;;;;;;;;;;;;;;;;;;;;;;;;;;;;;;;;;;;;;;;;;;;;;4*1-2/h1-8H2;5-7H2,1-4H3;3-6H2,1-2H3;1-4H3;49*1H4;;;;. The maximum Gasteiger partial charge on any atom is 0.680 e. The number of rotatable bonds is 31. The van der Waals surface area contributed by atoms with Gasteiger partial charge in [-0.3, -0.25) is 0 Å². The Morgan fingerprint density at radius 2 is 0.241 bits per heavy atom. The van der Waals surface area contributed by atoms with Gasteiger partial charge in [0.1, 0.15) is 40.0 Å². The van der Waals surface area contributed by atoms with Gasteiger partial charge in [-0.05, 0) is 20.8 Å². The van der Waals surface area contributed by atoms with Crippen molar-refractivity contribution >= 4 is 36.2 Å². The summed E-state index contributed by atoms with van der Waals surface area (Å²) >= 11 is 0. The molecule has 108 heavy (non-hydrogen) atoms. The minimum atomic E-state index is -3.84. The zero-order valence-electron chi connectivity index (χ0n) is 34.4. The number of halogens is 14. The molecule has 34 heteroatoms. The third-order valence-corrected chi connectivity index (χ3v) is 13.6. The Morgan fingerprint density at radius 3 is 0.306 bits per heavy atom. The molecule has 0 rings (SSSR count). The maximum atomic E-state index is 12.0. The molecule has 0 amide bonds. The van der Waals surface area contributed by atoms with Gasteiger partial charge in [0.05, 0.1) is 39.6 Å². The predicted octanol–water partition coefficient (Wildman–Crippen LogP) is 37.8. The Morgan fingerprint density at radius 1 is 0.148 bits per heavy atom. The first-order chi connectivity index (χ1) is 28.5. The first-order valence-electron chi connectivity index (χ1n) is 16.0. The van der Waals surface area contributed by atoms with Crippen LogP contribution in [0.3, 0.4) is 0 Å². The van der Waals surface area contributed by atoms with Crippen molar-refractivity contribution in [1.82, 2.24) is 0 Å². The third kappa shape index (κ3) is 295. The van der Waals surface area contributed by atoms with E-state index in [0.717, 1.165) is 0 Å². The van der Waals surface area contributed by atoms with E-state index in [1.54, 1.807) is 7.11 Å². The van der Waals surface area contributed by atoms with Crippen molar-refractivity contribution in [2.24, 2.45) is 0 Å². The van der Waals surface area contributed by atoms with Gasteiger partial charge in [-0.15, -0.1) is 0 Å². The number of alkyl halides is 6. The van der Waals surface area contributed by atoms with Crippen molar-refractivity contribution in [3.05, 3.63) is 0 Å². The highest BCUT2D eigenvalue weighted by atomic mass is 28.4. The fraction of sp³-hybridized carbons (Fsp3) is 1.00. The smallest absolute Gasteiger partial charge is 0.355 e. The average molecular weight is 1780 g/mol. The van der Waals surface area contributed by atoms with Crippen molar-refractivity contribution in [2.45, 2.75) is 385 Å². The van der Waals surface area contributed by atoms with E-state index in [2.05, 4.69) is 0 Å². The molecule has 0 fully saturated rings. The summed E-state index contributed by atoms with van der Waals surface area (Å²) in [5, 5.41) is 0. The van der Waals surface area contributed by atoms with Crippen LogP contribution in [-0.2, 0) is 70.8 Å². The Balaban J connectivity index is -0.00000000496. The molecule has 0 unspecified atom stereocenters. The van der Waals surface area contributed by atoms with Crippen LogP contribution in [0.25, 0.3) is 0 Å². The van der Waals surface area contributed by atoms with Crippen molar-refractivity contribution in [1.29, 1.82) is 0 Å². The highest BCUT2D eigenvalue weighted by Crippen LogP contribution is 2.13. The molecule has 0 bridgehead atoms. The van der Waals surface area contributed by atoms with E-state index in [1.165, 1.54) is 42.7 Å². The zero-order chi connectivity index (χ0) is 47.9. The van der Waals surface area contributed by atoms with E-state index >= 15 is 0 Å². The molecule has 0 aliphatic heterocycles. The van der Waals surface area contributed by atoms with Gasteiger partial charge in [0.25, 0.3) is 0 Å². The van der Waals surface area contributed by atoms with Gasteiger partial charge in [-0.1, -0.05) is 364 Å². The van der Waals surface area contributed by atoms with Crippen LogP contribution >= 0.6 is 0 Å². The second kappa shape index (κ2) is 400. The summed E-state index contributed by atoms with van der Waals surface area (Å²) in [6, 6.07) is 0. The van der Waals surface area contributed by atoms with Crippen molar-refractivity contribution in [2.75, 3.05) is 149 Å². The van der Waals surface area contributed by atoms with Gasteiger partial charge < -0.3 is 70.8 Å². The van der Waals surface area contributed by atoms with Crippen LogP contribution in [0.15, 0.2) is 0 Å². The van der Waals surface area contributed by atoms with Gasteiger partial charge in [0, 0.05) is 106 Å². The molecule has 0 aromatic carbocycles. The van der Waals surface area contributed by atoms with E-state index < -0.39 is 103 Å². The lowest BCUT2D eigenvalue weighted by molar-refractivity contribution is -0.0426. The van der Waals surface area contributed by atoms with Gasteiger partial charge in [0.2, 0.25) is 0 Å². The van der Waals surface area contributed by atoms with Crippen LogP contribution in [0, 0.1) is 0 Å². The van der Waals surface area contributed by atoms with E-state index in [-0.39, 0.29) is 377 Å². The van der Waals surface area contributed by atoms with Crippen molar-refractivity contribution in [3.8, 4) is 0 Å². The second-order valence-corrected chi connectivity index (χ2v) is 17.4. The molecule has 0 saturated carbocycles. The normalized spacial score (nSPS) is 5.89. The Labute approximate surface area is 701 Å². The molecule has 0 N–H and O–H groups in total. The highest BCUT2D eigenvalue weighted by Gasteiger charge is 2.46. The molecule has 0 heterocycles. The van der Waals surface area contributed by atoms with Crippen LogP contribution in [-0.4, -0.2) is 185 Å². The molecule has 0 aromatic heterocycles. The monoisotopic (exact) mass is 1780 g/mol. The molecule has 762 valence electrons. The van der Waals surface area contributed by atoms with Gasteiger partial charge in [-0.25, -0.2) is 26.3 Å². The second-order valence-electron chi connectivity index (χ2n) is 7.95. The molecule has 0 spiro atoms. The van der Waals surface area contributed by atoms with Crippen LogP contribution in [0.1, 0.15) is 385 Å². The summed E-state index contributed by atoms with van der Waals surface area (Å²) in [6.07, 6.45) is 0. The van der Waals surface area contributed by atoms with Gasteiger partial charge >= 0.3 is 36.2 Å². The molecule has 0 aliphatic carbocycles. The number of hydrogen-bond acceptors (Lipinski definition) is 16. The number of hydrogen-bond donors (Lipinski definition) is 0. The molecule has 0 aromatic rings. The van der Waals surface area contributed by atoms with E-state index in [9.17, 15) is 26.3 Å². The molecule has 0 radical (unpaired) electrons. The molecule has 16 nitrogen and oxygen atoms in total. The summed E-state index contributed by atoms with van der Waals surface area (Å²) in [7, 11) is -2.44. The largest absolute Gasteiger partial charge is 0.680 e. The summed E-state index contributed by atoms with van der Waals surface area (Å²) in [5.41, 5.74) is 0. The Kier molecular flexibility index (Phi) is 1780. The summed E-state index contributed by atoms with van der Waals surface area (Å²) in [5.74, 6) is 0. The first-order valence-corrected chi connectivity index (χ1v) is 22.6. The Bertz CT molecular complexity index is 683. The fourth-order valence-corrected chi connectivity index (χ4v) is 8.77. The van der Waals surface area contributed by atoms with Gasteiger partial charge in [0.15, 0.2) is 0 Å². The molecule has 0 atom stereocenters. The zero-order valence-corrected chi connectivity index (χ0v) is 38.4. The van der Waals surface area contributed by atoms with Gasteiger partial charge in [-0.2, -0.15) is 0 Å². The Hall–Kier alpha value is -0.752. The topological polar surface area (TPSA) is 148 Å². The lowest BCUT2D eigenvalue weighted by Gasteiger charge is -2.26. The van der Waals surface area contributed by atoms with E-state index in [4.69, 9.17) is 107 Å². The fourth-order valence-electron chi connectivity index (χ4n) is 2.92. The van der Waals surface area contributed by atoms with Crippen LogP contribution in [0.2, 0.25) is 0 Å². The molecular formula is C74H256F14O16Si4. The van der Waals surface area contributed by atoms with Crippen LogP contribution in [0.4, 0.5) is 62.9 Å². The summed E-state index contributed by atoms with van der Waals surface area (Å²) in [4.78, 5) is 0. The van der Waals surface area contributed by atoms with Crippen LogP contribution < -0.4 is 0 Å². The minimum absolute atomic E-state index is 0.